The summed E-state index contributed by atoms with van der Waals surface area (Å²) >= 11 is 5.80. The molecule has 7 nitrogen and oxygen atoms in total. The Bertz CT molecular complexity index is 642. The summed E-state index contributed by atoms with van der Waals surface area (Å²) in [7, 11) is 0. The molecule has 8 heteroatoms. The Labute approximate surface area is 163 Å². The second-order valence-corrected chi connectivity index (χ2v) is 6.71. The Morgan fingerprint density at radius 2 is 1.81 bits per heavy atom. The fourth-order valence-electron chi connectivity index (χ4n) is 2.82. The largest absolute Gasteiger partial charge is 0.484 e. The molecule has 2 rings (SSSR count). The maximum atomic E-state index is 12.1. The number of likely N-dealkylation sites (tertiary alicyclic amines) is 1. The molecule has 0 saturated carbocycles. The molecule has 0 aliphatic carbocycles. The highest BCUT2D eigenvalue weighted by Gasteiger charge is 2.24. The normalized spacial score (nSPS) is 14.5. The third-order valence-electron chi connectivity index (χ3n) is 4.24. The average Bonchev–Trinajstić information content (AvgIpc) is 2.66. The van der Waals surface area contributed by atoms with E-state index in [4.69, 9.17) is 21.1 Å². The van der Waals surface area contributed by atoms with Crippen molar-refractivity contribution in [2.75, 3.05) is 26.3 Å². The van der Waals surface area contributed by atoms with Crippen LogP contribution in [0.1, 0.15) is 32.6 Å². The van der Waals surface area contributed by atoms with Gasteiger partial charge in [-0.1, -0.05) is 11.6 Å². The van der Waals surface area contributed by atoms with Crippen LogP contribution in [0.25, 0.3) is 0 Å². The summed E-state index contributed by atoms with van der Waals surface area (Å²) in [5, 5.41) is 3.53. The predicted octanol–water partition coefficient (Wildman–Crippen LogP) is 2.17. The number of esters is 1. The molecule has 1 aliphatic rings. The number of ether oxygens (including phenoxy) is 2. The molecule has 0 aromatic heterocycles. The summed E-state index contributed by atoms with van der Waals surface area (Å²) < 4.78 is 10.2. The zero-order chi connectivity index (χ0) is 19.6. The van der Waals surface area contributed by atoms with Gasteiger partial charge in [-0.2, -0.15) is 0 Å². The Kier molecular flexibility index (Phi) is 8.39. The van der Waals surface area contributed by atoms with E-state index in [1.165, 1.54) is 0 Å². The lowest BCUT2D eigenvalue weighted by molar-refractivity contribution is -0.146. The number of nitrogens with zero attached hydrogens (tertiary/aromatic N) is 1. The molecule has 0 radical (unpaired) electrons. The van der Waals surface area contributed by atoms with Crippen molar-refractivity contribution in [2.45, 2.75) is 38.6 Å². The van der Waals surface area contributed by atoms with Crippen LogP contribution in [-0.4, -0.2) is 55.0 Å². The third-order valence-corrected chi connectivity index (χ3v) is 4.50. The first-order valence-electron chi connectivity index (χ1n) is 9.09. The molecule has 1 saturated heterocycles. The first-order valence-corrected chi connectivity index (χ1v) is 9.47. The number of rotatable bonds is 8. The third kappa shape index (κ3) is 7.46. The van der Waals surface area contributed by atoms with Crippen LogP contribution in [0.4, 0.5) is 0 Å². The fraction of sp³-hybridized carbons (Fsp3) is 0.526. The van der Waals surface area contributed by atoms with E-state index in [1.54, 1.807) is 36.1 Å². The number of halogens is 1. The van der Waals surface area contributed by atoms with Gasteiger partial charge in [0.2, 0.25) is 5.91 Å². The molecule has 1 N–H and O–H groups in total. The monoisotopic (exact) mass is 396 g/mol. The van der Waals surface area contributed by atoms with Gasteiger partial charge in [0.15, 0.2) is 6.61 Å². The SMILES string of the molecule is CCOC(=O)CCC(=O)N1CCC(NC(=O)COc2ccc(Cl)cc2)CC1. The van der Waals surface area contributed by atoms with E-state index in [9.17, 15) is 14.4 Å². The highest BCUT2D eigenvalue weighted by Crippen LogP contribution is 2.16. The lowest BCUT2D eigenvalue weighted by Gasteiger charge is -2.32. The Hall–Kier alpha value is -2.28. The van der Waals surface area contributed by atoms with Crippen LogP contribution in [0, 0.1) is 0 Å². The van der Waals surface area contributed by atoms with Gasteiger partial charge in [0.05, 0.1) is 13.0 Å². The van der Waals surface area contributed by atoms with Gasteiger partial charge in [-0.3, -0.25) is 14.4 Å². The first kappa shape index (κ1) is 21.0. The molecular formula is C19H25ClN2O5. The molecule has 0 atom stereocenters. The van der Waals surface area contributed by atoms with Crippen molar-refractivity contribution in [3.05, 3.63) is 29.3 Å². The summed E-state index contributed by atoms with van der Waals surface area (Å²) in [6, 6.07) is 6.82. The second-order valence-electron chi connectivity index (χ2n) is 6.27. The van der Waals surface area contributed by atoms with Gasteiger partial charge >= 0.3 is 5.97 Å². The zero-order valence-electron chi connectivity index (χ0n) is 15.4. The van der Waals surface area contributed by atoms with Gasteiger partial charge in [0, 0.05) is 30.6 Å². The maximum absolute atomic E-state index is 12.1. The molecule has 1 aromatic carbocycles. The summed E-state index contributed by atoms with van der Waals surface area (Å²) in [5.41, 5.74) is 0. The highest BCUT2D eigenvalue weighted by molar-refractivity contribution is 6.30. The molecule has 1 fully saturated rings. The summed E-state index contributed by atoms with van der Waals surface area (Å²) in [5.74, 6) is -0.0267. The maximum Gasteiger partial charge on any atom is 0.306 e. The van der Waals surface area contributed by atoms with Crippen molar-refractivity contribution >= 4 is 29.4 Å². The number of benzene rings is 1. The molecule has 0 unspecified atom stereocenters. The molecule has 1 aliphatic heterocycles. The number of nitrogens with one attached hydrogen (secondary N) is 1. The van der Waals surface area contributed by atoms with Gasteiger partial charge in [0.1, 0.15) is 5.75 Å². The zero-order valence-corrected chi connectivity index (χ0v) is 16.2. The van der Waals surface area contributed by atoms with E-state index in [-0.39, 0.29) is 43.3 Å². The number of carbonyl (C=O) groups is 3. The number of piperidine rings is 1. The van der Waals surface area contributed by atoms with Crippen LogP contribution in [-0.2, 0) is 19.1 Å². The van der Waals surface area contributed by atoms with E-state index >= 15 is 0 Å². The van der Waals surface area contributed by atoms with Crippen molar-refractivity contribution in [1.82, 2.24) is 10.2 Å². The van der Waals surface area contributed by atoms with E-state index in [0.717, 1.165) is 0 Å². The van der Waals surface area contributed by atoms with E-state index in [0.29, 0.717) is 43.3 Å². The minimum atomic E-state index is -0.353. The quantitative estimate of drug-likeness (QED) is 0.681. The molecule has 1 heterocycles. The summed E-state index contributed by atoms with van der Waals surface area (Å²) in [4.78, 5) is 37.2. The van der Waals surface area contributed by atoms with Crippen LogP contribution in [0.3, 0.4) is 0 Å². The van der Waals surface area contributed by atoms with Crippen LogP contribution < -0.4 is 10.1 Å². The topological polar surface area (TPSA) is 84.9 Å². The molecule has 27 heavy (non-hydrogen) atoms. The number of hydrogen-bond acceptors (Lipinski definition) is 5. The minimum Gasteiger partial charge on any atom is -0.484 e. The van der Waals surface area contributed by atoms with Crippen LogP contribution in [0.2, 0.25) is 5.02 Å². The second kappa shape index (κ2) is 10.8. The molecule has 0 bridgehead atoms. The highest BCUT2D eigenvalue weighted by atomic mass is 35.5. The van der Waals surface area contributed by atoms with Crippen molar-refractivity contribution < 1.29 is 23.9 Å². The number of hydrogen-bond donors (Lipinski definition) is 1. The fourth-order valence-corrected chi connectivity index (χ4v) is 2.95. The standard InChI is InChI=1S/C19H25ClN2O5/c1-2-26-19(25)8-7-18(24)22-11-9-15(10-12-22)21-17(23)13-27-16-5-3-14(20)4-6-16/h3-6,15H,2,7-13H2,1H3,(H,21,23). The van der Waals surface area contributed by atoms with Crippen LogP contribution in [0.15, 0.2) is 24.3 Å². The number of amides is 2. The van der Waals surface area contributed by atoms with Crippen LogP contribution in [0.5, 0.6) is 5.75 Å². The van der Waals surface area contributed by atoms with Crippen LogP contribution >= 0.6 is 11.6 Å². The van der Waals surface area contributed by atoms with E-state index in [2.05, 4.69) is 5.32 Å². The first-order chi connectivity index (χ1) is 13.0. The summed E-state index contributed by atoms with van der Waals surface area (Å²) in [6.07, 6.45) is 1.62. The van der Waals surface area contributed by atoms with Crippen molar-refractivity contribution in [2.24, 2.45) is 0 Å². The van der Waals surface area contributed by atoms with Gasteiger partial charge < -0.3 is 19.7 Å². The molecule has 148 valence electrons. The molecule has 0 spiro atoms. The minimum absolute atomic E-state index is 0.0143. The van der Waals surface area contributed by atoms with Gasteiger partial charge in [0.25, 0.3) is 5.91 Å². The van der Waals surface area contributed by atoms with Crippen molar-refractivity contribution in [3.8, 4) is 5.75 Å². The predicted molar refractivity (Wildman–Crippen MR) is 101 cm³/mol. The van der Waals surface area contributed by atoms with Crippen molar-refractivity contribution in [1.29, 1.82) is 0 Å². The Morgan fingerprint density at radius 1 is 1.15 bits per heavy atom. The smallest absolute Gasteiger partial charge is 0.306 e. The van der Waals surface area contributed by atoms with Gasteiger partial charge in [-0.15, -0.1) is 0 Å². The van der Waals surface area contributed by atoms with Gasteiger partial charge in [-0.05, 0) is 44.0 Å². The lowest BCUT2D eigenvalue weighted by Crippen LogP contribution is -2.47. The molecule has 2 amide bonds. The average molecular weight is 397 g/mol. The molecule has 1 aromatic rings. The molecular weight excluding hydrogens is 372 g/mol. The Morgan fingerprint density at radius 3 is 2.44 bits per heavy atom. The number of carbonyl (C=O) groups excluding carboxylic acids is 3. The Balaban J connectivity index is 1.64. The van der Waals surface area contributed by atoms with E-state index < -0.39 is 0 Å². The summed E-state index contributed by atoms with van der Waals surface area (Å²) in [6.45, 7) is 3.11. The van der Waals surface area contributed by atoms with Crippen molar-refractivity contribution in [3.63, 3.8) is 0 Å². The lowest BCUT2D eigenvalue weighted by atomic mass is 10.0. The van der Waals surface area contributed by atoms with Gasteiger partial charge in [-0.25, -0.2) is 0 Å². The van der Waals surface area contributed by atoms with E-state index in [1.807, 2.05) is 0 Å².